The molecule has 0 aromatic carbocycles. The van der Waals surface area contributed by atoms with Crippen LogP contribution in [0.1, 0.15) is 34.1 Å². The zero-order valence-electron chi connectivity index (χ0n) is 8.35. The van der Waals surface area contributed by atoms with Crippen LogP contribution in [0.3, 0.4) is 0 Å². The Bertz CT molecular complexity index is 143. The largest absolute Gasteiger partial charge is 0.480 e. The SMILES string of the molecule is C=C(C)NC(CC)C(=O)O.CC. The van der Waals surface area contributed by atoms with Crippen molar-refractivity contribution >= 4 is 5.97 Å². The van der Waals surface area contributed by atoms with Crippen LogP contribution in [0.2, 0.25) is 0 Å². The number of aliphatic carboxylic acids is 1. The van der Waals surface area contributed by atoms with Gasteiger partial charge in [0.1, 0.15) is 6.04 Å². The predicted octanol–water partition coefficient (Wildman–Crippen LogP) is 2.00. The second-order valence-electron chi connectivity index (χ2n) is 2.22. The molecule has 2 N–H and O–H groups in total. The molecule has 12 heavy (non-hydrogen) atoms. The molecule has 0 saturated carbocycles. The van der Waals surface area contributed by atoms with Gasteiger partial charge >= 0.3 is 5.97 Å². The highest BCUT2D eigenvalue weighted by molar-refractivity contribution is 5.73. The Morgan fingerprint density at radius 2 is 2.00 bits per heavy atom. The molecule has 3 nitrogen and oxygen atoms in total. The number of hydrogen-bond donors (Lipinski definition) is 2. The van der Waals surface area contributed by atoms with Crippen LogP contribution >= 0.6 is 0 Å². The predicted molar refractivity (Wildman–Crippen MR) is 51.0 cm³/mol. The van der Waals surface area contributed by atoms with Crippen LogP contribution in [0.5, 0.6) is 0 Å². The second kappa shape index (κ2) is 8.11. The van der Waals surface area contributed by atoms with Crippen molar-refractivity contribution in [3.63, 3.8) is 0 Å². The van der Waals surface area contributed by atoms with Crippen LogP contribution in [-0.4, -0.2) is 17.1 Å². The molecule has 0 radical (unpaired) electrons. The summed E-state index contributed by atoms with van der Waals surface area (Å²) >= 11 is 0. The van der Waals surface area contributed by atoms with Crippen molar-refractivity contribution in [3.8, 4) is 0 Å². The number of allylic oxidation sites excluding steroid dienone is 1. The minimum Gasteiger partial charge on any atom is -0.480 e. The van der Waals surface area contributed by atoms with Gasteiger partial charge in [-0.15, -0.1) is 0 Å². The van der Waals surface area contributed by atoms with E-state index in [9.17, 15) is 4.79 Å². The third kappa shape index (κ3) is 7.12. The zero-order valence-corrected chi connectivity index (χ0v) is 8.35. The molecule has 0 bridgehead atoms. The Morgan fingerprint density at radius 3 is 2.08 bits per heavy atom. The first kappa shape index (κ1) is 13.6. The first-order valence-electron chi connectivity index (χ1n) is 4.22. The number of rotatable bonds is 4. The lowest BCUT2D eigenvalue weighted by Gasteiger charge is -2.12. The second-order valence-corrected chi connectivity index (χ2v) is 2.22. The van der Waals surface area contributed by atoms with Gasteiger partial charge < -0.3 is 10.4 Å². The van der Waals surface area contributed by atoms with E-state index in [1.807, 2.05) is 20.8 Å². The highest BCUT2D eigenvalue weighted by Crippen LogP contribution is 1.93. The van der Waals surface area contributed by atoms with E-state index in [0.29, 0.717) is 12.1 Å². The smallest absolute Gasteiger partial charge is 0.326 e. The van der Waals surface area contributed by atoms with Crippen molar-refractivity contribution in [2.24, 2.45) is 0 Å². The van der Waals surface area contributed by atoms with E-state index in [1.165, 1.54) is 0 Å². The van der Waals surface area contributed by atoms with Crippen molar-refractivity contribution < 1.29 is 9.90 Å². The summed E-state index contributed by atoms with van der Waals surface area (Å²) in [5, 5.41) is 11.3. The first-order chi connectivity index (χ1) is 5.57. The Labute approximate surface area is 74.5 Å². The summed E-state index contributed by atoms with van der Waals surface area (Å²) in [6, 6.07) is -0.488. The molecule has 0 aliphatic carbocycles. The number of carbonyl (C=O) groups is 1. The maximum atomic E-state index is 10.4. The highest BCUT2D eigenvalue weighted by Gasteiger charge is 2.12. The molecule has 1 atom stereocenters. The summed E-state index contributed by atoms with van der Waals surface area (Å²) in [6.45, 7) is 11.1. The van der Waals surface area contributed by atoms with Crippen LogP contribution in [0.15, 0.2) is 12.3 Å². The van der Waals surface area contributed by atoms with Crippen molar-refractivity contribution in [2.45, 2.75) is 40.2 Å². The van der Waals surface area contributed by atoms with Gasteiger partial charge in [0.2, 0.25) is 0 Å². The maximum Gasteiger partial charge on any atom is 0.326 e. The van der Waals surface area contributed by atoms with Gasteiger partial charge in [-0.3, -0.25) is 0 Å². The molecule has 0 saturated heterocycles. The lowest BCUT2D eigenvalue weighted by molar-refractivity contribution is -0.139. The van der Waals surface area contributed by atoms with Crippen LogP contribution in [0, 0.1) is 0 Å². The van der Waals surface area contributed by atoms with E-state index >= 15 is 0 Å². The molecule has 0 spiro atoms. The molecule has 0 aliphatic heterocycles. The topological polar surface area (TPSA) is 49.3 Å². The van der Waals surface area contributed by atoms with E-state index < -0.39 is 12.0 Å². The van der Waals surface area contributed by atoms with Crippen LogP contribution in [-0.2, 0) is 4.79 Å². The molecule has 1 unspecified atom stereocenters. The minimum absolute atomic E-state index is 0.488. The average molecular weight is 173 g/mol. The van der Waals surface area contributed by atoms with Gasteiger partial charge in [-0.1, -0.05) is 27.4 Å². The van der Waals surface area contributed by atoms with Gasteiger partial charge in [0.25, 0.3) is 0 Å². The third-order valence-corrected chi connectivity index (χ3v) is 1.13. The standard InChI is InChI=1S/C7H13NO2.C2H6/c1-4-6(7(9)10)8-5(2)3;1-2/h6,8H,2,4H2,1,3H3,(H,9,10);1-2H3. The molecular weight excluding hydrogens is 154 g/mol. The lowest BCUT2D eigenvalue weighted by atomic mass is 10.2. The van der Waals surface area contributed by atoms with Gasteiger partial charge in [-0.2, -0.15) is 0 Å². The van der Waals surface area contributed by atoms with E-state index in [1.54, 1.807) is 6.92 Å². The number of nitrogens with one attached hydrogen (secondary N) is 1. The third-order valence-electron chi connectivity index (χ3n) is 1.13. The molecule has 3 heteroatoms. The Morgan fingerprint density at radius 1 is 1.58 bits per heavy atom. The Kier molecular flexibility index (Phi) is 9.18. The summed E-state index contributed by atoms with van der Waals surface area (Å²) in [7, 11) is 0. The van der Waals surface area contributed by atoms with Gasteiger partial charge in [-0.25, -0.2) is 4.79 Å². The van der Waals surface area contributed by atoms with Crippen LogP contribution in [0.25, 0.3) is 0 Å². The summed E-state index contributed by atoms with van der Waals surface area (Å²) in [5.74, 6) is -0.828. The van der Waals surface area contributed by atoms with Crippen molar-refractivity contribution in [1.82, 2.24) is 5.32 Å². The zero-order chi connectivity index (χ0) is 10.1. The fraction of sp³-hybridized carbons (Fsp3) is 0.667. The van der Waals surface area contributed by atoms with Crippen LogP contribution in [0.4, 0.5) is 0 Å². The highest BCUT2D eigenvalue weighted by atomic mass is 16.4. The Hall–Kier alpha value is -0.990. The maximum absolute atomic E-state index is 10.4. The van der Waals surface area contributed by atoms with Gasteiger partial charge in [-0.05, 0) is 13.3 Å². The van der Waals surface area contributed by atoms with Crippen LogP contribution < -0.4 is 5.32 Å². The lowest BCUT2D eigenvalue weighted by Crippen LogP contribution is -2.34. The number of hydrogen-bond acceptors (Lipinski definition) is 2. The fourth-order valence-corrected chi connectivity index (χ4v) is 0.636. The van der Waals surface area contributed by atoms with Gasteiger partial charge in [0.05, 0.1) is 0 Å². The summed E-state index contributed by atoms with van der Waals surface area (Å²) in [5.41, 5.74) is 0.689. The Balaban J connectivity index is 0. The fourth-order valence-electron chi connectivity index (χ4n) is 0.636. The number of carboxylic acid groups (broad SMARTS) is 1. The monoisotopic (exact) mass is 173 g/mol. The first-order valence-corrected chi connectivity index (χ1v) is 4.22. The molecule has 0 aliphatic rings. The summed E-state index contributed by atoms with van der Waals surface area (Å²) in [6.07, 6.45) is 0.572. The molecule has 0 heterocycles. The van der Waals surface area contributed by atoms with Gasteiger partial charge in [0, 0.05) is 5.70 Å². The van der Waals surface area contributed by atoms with Crippen molar-refractivity contribution in [3.05, 3.63) is 12.3 Å². The van der Waals surface area contributed by atoms with Gasteiger partial charge in [0.15, 0.2) is 0 Å². The van der Waals surface area contributed by atoms with E-state index in [0.717, 1.165) is 0 Å². The molecule has 72 valence electrons. The molecule has 0 aromatic heterocycles. The molecule has 0 fully saturated rings. The van der Waals surface area contributed by atoms with E-state index in [2.05, 4.69) is 11.9 Å². The molecule has 0 rings (SSSR count). The summed E-state index contributed by atoms with van der Waals surface area (Å²) < 4.78 is 0. The molecule has 0 amide bonds. The normalized spacial score (nSPS) is 10.7. The summed E-state index contributed by atoms with van der Waals surface area (Å²) in [4.78, 5) is 10.4. The quantitative estimate of drug-likeness (QED) is 0.683. The molecular formula is C9H19NO2. The van der Waals surface area contributed by atoms with E-state index in [-0.39, 0.29) is 0 Å². The number of carboxylic acids is 1. The van der Waals surface area contributed by atoms with Crippen molar-refractivity contribution in [1.29, 1.82) is 0 Å². The van der Waals surface area contributed by atoms with Crippen molar-refractivity contribution in [2.75, 3.05) is 0 Å². The molecule has 0 aromatic rings. The van der Waals surface area contributed by atoms with E-state index in [4.69, 9.17) is 5.11 Å². The minimum atomic E-state index is -0.828. The average Bonchev–Trinajstić information content (AvgIpc) is 2.03.